The lowest BCUT2D eigenvalue weighted by molar-refractivity contribution is 0.0196. The summed E-state index contributed by atoms with van der Waals surface area (Å²) >= 11 is 0. The van der Waals surface area contributed by atoms with Crippen LogP contribution in [0.4, 0.5) is 0 Å². The maximum atomic E-state index is 11.3. The van der Waals surface area contributed by atoms with Crippen LogP contribution in [0.15, 0.2) is 0 Å². The molecule has 1 saturated carbocycles. The van der Waals surface area contributed by atoms with E-state index in [1.807, 2.05) is 0 Å². The van der Waals surface area contributed by atoms with Crippen LogP contribution < -0.4 is 0 Å². The van der Waals surface area contributed by atoms with E-state index in [2.05, 4.69) is 4.90 Å². The Morgan fingerprint density at radius 1 is 1.19 bits per heavy atom. The van der Waals surface area contributed by atoms with E-state index in [-0.39, 0.29) is 6.10 Å². The van der Waals surface area contributed by atoms with Gasteiger partial charge in [0.1, 0.15) is 0 Å². The van der Waals surface area contributed by atoms with E-state index in [0.717, 1.165) is 32.5 Å². The molecule has 0 bridgehead atoms. The number of sulfonamides is 1. The van der Waals surface area contributed by atoms with Crippen LogP contribution in [0, 0.1) is 5.92 Å². The summed E-state index contributed by atoms with van der Waals surface area (Å²) < 4.78 is 24.1. The van der Waals surface area contributed by atoms with Crippen molar-refractivity contribution >= 4 is 10.0 Å². The summed E-state index contributed by atoms with van der Waals surface area (Å²) in [5.41, 5.74) is 0. The first-order chi connectivity index (χ1) is 7.45. The van der Waals surface area contributed by atoms with Gasteiger partial charge in [0.25, 0.3) is 0 Å². The molecule has 1 aliphatic heterocycles. The minimum atomic E-state index is -3.01. The minimum absolute atomic E-state index is 0.0951. The molecule has 0 spiro atoms. The van der Waals surface area contributed by atoms with Gasteiger partial charge in [-0.05, 0) is 18.8 Å². The highest BCUT2D eigenvalue weighted by Crippen LogP contribution is 2.28. The Morgan fingerprint density at radius 3 is 2.19 bits per heavy atom. The van der Waals surface area contributed by atoms with Crippen molar-refractivity contribution in [2.24, 2.45) is 5.92 Å². The summed E-state index contributed by atoms with van der Waals surface area (Å²) in [6.07, 6.45) is 2.99. The zero-order valence-corrected chi connectivity index (χ0v) is 10.5. The first kappa shape index (κ1) is 12.3. The topological polar surface area (TPSA) is 60.9 Å². The van der Waals surface area contributed by atoms with Crippen LogP contribution in [0.2, 0.25) is 0 Å². The van der Waals surface area contributed by atoms with Gasteiger partial charge in [0.15, 0.2) is 0 Å². The maximum Gasteiger partial charge on any atom is 0.211 e. The SMILES string of the molecule is CS(=O)(=O)N1CCN(CC2CC(O)C2)CC1. The van der Waals surface area contributed by atoms with Gasteiger partial charge in [-0.25, -0.2) is 8.42 Å². The van der Waals surface area contributed by atoms with Crippen molar-refractivity contribution in [3.63, 3.8) is 0 Å². The van der Waals surface area contributed by atoms with Gasteiger partial charge in [-0.1, -0.05) is 0 Å². The quantitative estimate of drug-likeness (QED) is 0.720. The van der Waals surface area contributed by atoms with E-state index in [0.29, 0.717) is 19.0 Å². The van der Waals surface area contributed by atoms with Crippen LogP contribution in [0.5, 0.6) is 0 Å². The number of hydrogen-bond acceptors (Lipinski definition) is 4. The minimum Gasteiger partial charge on any atom is -0.393 e. The van der Waals surface area contributed by atoms with Crippen molar-refractivity contribution < 1.29 is 13.5 Å². The lowest BCUT2D eigenvalue weighted by Gasteiger charge is -2.39. The van der Waals surface area contributed by atoms with Crippen molar-refractivity contribution in [2.45, 2.75) is 18.9 Å². The molecule has 0 atom stereocenters. The molecule has 1 heterocycles. The first-order valence-electron chi connectivity index (χ1n) is 5.80. The van der Waals surface area contributed by atoms with Gasteiger partial charge in [0.05, 0.1) is 12.4 Å². The average molecular weight is 248 g/mol. The Labute approximate surface area is 97.1 Å². The third-order valence-electron chi connectivity index (χ3n) is 3.53. The van der Waals surface area contributed by atoms with Crippen molar-refractivity contribution in [2.75, 3.05) is 39.0 Å². The molecule has 1 saturated heterocycles. The molecule has 1 N–H and O–H groups in total. The molecule has 0 aromatic rings. The fraction of sp³-hybridized carbons (Fsp3) is 1.00. The van der Waals surface area contributed by atoms with Gasteiger partial charge in [-0.3, -0.25) is 0 Å². The Morgan fingerprint density at radius 2 is 1.75 bits per heavy atom. The predicted octanol–water partition coefficient (Wildman–Crippen LogP) is -0.665. The van der Waals surface area contributed by atoms with Gasteiger partial charge in [-0.15, -0.1) is 0 Å². The lowest BCUT2D eigenvalue weighted by atomic mass is 9.82. The van der Waals surface area contributed by atoms with Gasteiger partial charge in [0, 0.05) is 32.7 Å². The highest BCUT2D eigenvalue weighted by Gasteiger charge is 2.30. The van der Waals surface area contributed by atoms with Gasteiger partial charge >= 0.3 is 0 Å². The lowest BCUT2D eigenvalue weighted by Crippen LogP contribution is -2.50. The molecular weight excluding hydrogens is 228 g/mol. The van der Waals surface area contributed by atoms with E-state index in [1.54, 1.807) is 4.31 Å². The van der Waals surface area contributed by atoms with Crippen LogP contribution >= 0.6 is 0 Å². The summed E-state index contributed by atoms with van der Waals surface area (Å²) in [6, 6.07) is 0. The number of piperazine rings is 1. The van der Waals surface area contributed by atoms with Crippen LogP contribution in [-0.4, -0.2) is 67.8 Å². The highest BCUT2D eigenvalue weighted by atomic mass is 32.2. The second-order valence-corrected chi connectivity index (χ2v) is 6.94. The van der Waals surface area contributed by atoms with Crippen LogP contribution in [0.1, 0.15) is 12.8 Å². The molecule has 0 amide bonds. The van der Waals surface area contributed by atoms with Crippen molar-refractivity contribution in [3.8, 4) is 0 Å². The molecule has 0 radical (unpaired) electrons. The van der Waals surface area contributed by atoms with Crippen LogP contribution in [0.25, 0.3) is 0 Å². The molecule has 6 heteroatoms. The number of aliphatic hydroxyl groups is 1. The second kappa shape index (κ2) is 4.60. The number of hydrogen-bond donors (Lipinski definition) is 1. The molecule has 0 unspecified atom stereocenters. The van der Waals surface area contributed by atoms with Gasteiger partial charge < -0.3 is 10.0 Å². The zero-order chi connectivity index (χ0) is 11.8. The van der Waals surface area contributed by atoms with Gasteiger partial charge in [-0.2, -0.15) is 4.31 Å². The van der Waals surface area contributed by atoms with E-state index < -0.39 is 10.0 Å². The summed E-state index contributed by atoms with van der Waals surface area (Å²) in [7, 11) is -3.01. The molecule has 0 aromatic carbocycles. The predicted molar refractivity (Wildman–Crippen MR) is 61.6 cm³/mol. The monoisotopic (exact) mass is 248 g/mol. The molecule has 2 aliphatic rings. The third-order valence-corrected chi connectivity index (χ3v) is 4.83. The highest BCUT2D eigenvalue weighted by molar-refractivity contribution is 7.88. The molecule has 2 fully saturated rings. The van der Waals surface area contributed by atoms with Crippen LogP contribution in [0.3, 0.4) is 0 Å². The zero-order valence-electron chi connectivity index (χ0n) is 9.67. The summed E-state index contributed by atoms with van der Waals surface area (Å²) in [5.74, 6) is 0.611. The Kier molecular flexibility index (Phi) is 3.53. The summed E-state index contributed by atoms with van der Waals surface area (Å²) in [4.78, 5) is 2.30. The molecule has 2 rings (SSSR count). The van der Waals surface area contributed by atoms with Crippen molar-refractivity contribution in [1.29, 1.82) is 0 Å². The molecule has 94 valence electrons. The maximum absolute atomic E-state index is 11.3. The van der Waals surface area contributed by atoms with E-state index >= 15 is 0 Å². The Balaban J connectivity index is 1.73. The fourth-order valence-electron chi connectivity index (χ4n) is 2.46. The third kappa shape index (κ3) is 2.94. The van der Waals surface area contributed by atoms with E-state index in [9.17, 15) is 13.5 Å². The van der Waals surface area contributed by atoms with Crippen LogP contribution in [-0.2, 0) is 10.0 Å². The molecule has 0 aromatic heterocycles. The van der Waals surface area contributed by atoms with Crippen molar-refractivity contribution in [3.05, 3.63) is 0 Å². The van der Waals surface area contributed by atoms with E-state index in [1.165, 1.54) is 6.26 Å². The van der Waals surface area contributed by atoms with Crippen molar-refractivity contribution in [1.82, 2.24) is 9.21 Å². The van der Waals surface area contributed by atoms with Gasteiger partial charge in [0.2, 0.25) is 10.0 Å². The molecule has 1 aliphatic carbocycles. The second-order valence-electron chi connectivity index (χ2n) is 4.95. The Hall–Kier alpha value is -0.170. The first-order valence-corrected chi connectivity index (χ1v) is 7.65. The molecular formula is C10H20N2O3S. The number of rotatable bonds is 3. The average Bonchev–Trinajstić information content (AvgIpc) is 2.15. The smallest absolute Gasteiger partial charge is 0.211 e. The molecule has 16 heavy (non-hydrogen) atoms. The Bertz CT molecular complexity index is 330. The molecule has 5 nitrogen and oxygen atoms in total. The number of aliphatic hydroxyl groups excluding tert-OH is 1. The number of nitrogens with zero attached hydrogens (tertiary/aromatic N) is 2. The summed E-state index contributed by atoms with van der Waals surface area (Å²) in [5, 5.41) is 9.19. The normalized spacial score (nSPS) is 33.6. The fourth-order valence-corrected chi connectivity index (χ4v) is 3.29. The standard InChI is InChI=1S/C10H20N2O3S/c1-16(14,15)12-4-2-11(3-5-12)8-9-6-10(13)7-9/h9-10,13H,2-8H2,1H3. The largest absolute Gasteiger partial charge is 0.393 e. The summed E-state index contributed by atoms with van der Waals surface area (Å²) in [6.45, 7) is 3.86. The van der Waals surface area contributed by atoms with E-state index in [4.69, 9.17) is 0 Å².